The Morgan fingerprint density at radius 2 is 1.80 bits per heavy atom. The Bertz CT molecular complexity index is 75.3. The summed E-state index contributed by atoms with van der Waals surface area (Å²) in [5.41, 5.74) is 0. The van der Waals surface area contributed by atoms with Gasteiger partial charge in [0.25, 0.3) is 0 Å². The van der Waals surface area contributed by atoms with Crippen molar-refractivity contribution in [1.29, 1.82) is 0 Å². The molecule has 1 nitrogen and oxygen atoms in total. The van der Waals surface area contributed by atoms with Gasteiger partial charge in [0.15, 0.2) is 0 Å². The molecule has 0 saturated carbocycles. The minimum Gasteiger partial charge on any atom is -0.303 e. The van der Waals surface area contributed by atoms with E-state index in [1.54, 1.807) is 0 Å². The zero-order valence-electron chi connectivity index (χ0n) is 7.39. The van der Waals surface area contributed by atoms with E-state index in [2.05, 4.69) is 0 Å². The molecular formula is C8H18FN. The first-order valence-electron chi connectivity index (χ1n) is 4.03. The lowest BCUT2D eigenvalue weighted by molar-refractivity contribution is 0.289. The van der Waals surface area contributed by atoms with E-state index in [9.17, 15) is 4.39 Å². The van der Waals surface area contributed by atoms with Gasteiger partial charge >= 0.3 is 0 Å². The third kappa shape index (κ3) is 2.65. The predicted molar refractivity (Wildman–Crippen MR) is 42.9 cm³/mol. The summed E-state index contributed by atoms with van der Waals surface area (Å²) in [6.07, 6.45) is -0.583. The second-order valence-electron chi connectivity index (χ2n) is 2.71. The molecule has 1 heterocycles. The minimum absolute atomic E-state index is 0.250. The first-order chi connectivity index (χ1) is 4.70. The lowest BCUT2D eigenvalue weighted by Crippen LogP contribution is -2.13. The van der Waals surface area contributed by atoms with Gasteiger partial charge < -0.3 is 4.90 Å². The molecule has 1 fully saturated rings. The Balaban J connectivity index is 0.000000371. The molecule has 2 heteroatoms. The van der Waals surface area contributed by atoms with Gasteiger partial charge in [-0.15, -0.1) is 0 Å². The van der Waals surface area contributed by atoms with Crippen LogP contribution in [0.25, 0.3) is 0 Å². The van der Waals surface area contributed by atoms with Gasteiger partial charge in [0.2, 0.25) is 0 Å². The maximum Gasteiger partial charge on any atom is 0.116 e. The van der Waals surface area contributed by atoms with E-state index in [0.29, 0.717) is 6.54 Å². The molecule has 1 saturated heterocycles. The largest absolute Gasteiger partial charge is 0.303 e. The van der Waals surface area contributed by atoms with Gasteiger partial charge in [0, 0.05) is 19.0 Å². The van der Waals surface area contributed by atoms with Crippen molar-refractivity contribution < 1.29 is 4.39 Å². The smallest absolute Gasteiger partial charge is 0.116 e. The highest BCUT2D eigenvalue weighted by Crippen LogP contribution is 2.16. The number of alkyl halides is 1. The van der Waals surface area contributed by atoms with Crippen molar-refractivity contribution in [3.63, 3.8) is 0 Å². The summed E-state index contributed by atoms with van der Waals surface area (Å²) in [5, 5.41) is 0. The molecule has 0 aliphatic carbocycles. The van der Waals surface area contributed by atoms with E-state index in [1.807, 2.05) is 32.7 Å². The first kappa shape index (κ1) is 9.89. The van der Waals surface area contributed by atoms with E-state index in [0.717, 1.165) is 6.54 Å². The van der Waals surface area contributed by atoms with Crippen molar-refractivity contribution >= 4 is 0 Å². The van der Waals surface area contributed by atoms with Crippen LogP contribution in [0.3, 0.4) is 0 Å². The molecule has 1 aliphatic rings. The molecule has 0 bridgehead atoms. The molecule has 0 aromatic carbocycles. The Labute approximate surface area is 63.2 Å². The summed E-state index contributed by atoms with van der Waals surface area (Å²) in [6, 6.07) is 0. The van der Waals surface area contributed by atoms with Crippen LogP contribution in [-0.2, 0) is 0 Å². The molecule has 1 rings (SSSR count). The number of halogens is 1. The molecule has 0 aromatic heterocycles. The second-order valence-corrected chi connectivity index (χ2v) is 2.71. The fourth-order valence-electron chi connectivity index (χ4n) is 1.16. The molecule has 0 spiro atoms. The van der Waals surface area contributed by atoms with Gasteiger partial charge in [0.1, 0.15) is 6.17 Å². The van der Waals surface area contributed by atoms with Crippen molar-refractivity contribution in [2.75, 3.05) is 20.1 Å². The molecule has 0 aromatic rings. The molecule has 0 unspecified atom stereocenters. The van der Waals surface area contributed by atoms with Crippen LogP contribution in [0.4, 0.5) is 4.39 Å². The molecule has 2 atom stereocenters. The van der Waals surface area contributed by atoms with Crippen LogP contribution in [0, 0.1) is 5.92 Å². The van der Waals surface area contributed by atoms with E-state index < -0.39 is 6.17 Å². The van der Waals surface area contributed by atoms with Crippen molar-refractivity contribution in [2.24, 2.45) is 5.92 Å². The van der Waals surface area contributed by atoms with Crippen LogP contribution >= 0.6 is 0 Å². The van der Waals surface area contributed by atoms with Crippen molar-refractivity contribution in [3.05, 3.63) is 0 Å². The third-order valence-electron chi connectivity index (χ3n) is 1.70. The highest BCUT2D eigenvalue weighted by Gasteiger charge is 2.26. The van der Waals surface area contributed by atoms with Crippen LogP contribution in [-0.4, -0.2) is 31.2 Å². The van der Waals surface area contributed by atoms with Crippen LogP contribution in [0.2, 0.25) is 0 Å². The Hall–Kier alpha value is -0.110. The van der Waals surface area contributed by atoms with Crippen LogP contribution < -0.4 is 0 Å². The summed E-state index contributed by atoms with van der Waals surface area (Å²) >= 11 is 0. The predicted octanol–water partition coefficient (Wildman–Crippen LogP) is 1.93. The zero-order chi connectivity index (χ0) is 8.15. The normalized spacial score (nSPS) is 33.3. The zero-order valence-corrected chi connectivity index (χ0v) is 7.39. The number of likely N-dealkylation sites (tertiary alicyclic amines) is 1. The fourth-order valence-corrected chi connectivity index (χ4v) is 1.16. The SMILES string of the molecule is CC.C[C@H]1CN(C)C[C@H]1F. The summed E-state index contributed by atoms with van der Waals surface area (Å²) in [7, 11) is 1.95. The van der Waals surface area contributed by atoms with Crippen LogP contribution in [0.15, 0.2) is 0 Å². The fraction of sp³-hybridized carbons (Fsp3) is 1.00. The quantitative estimate of drug-likeness (QED) is 0.506. The molecule has 1 aliphatic heterocycles. The topological polar surface area (TPSA) is 3.24 Å². The second kappa shape index (κ2) is 4.67. The average Bonchev–Trinajstić information content (AvgIpc) is 2.16. The molecule has 62 valence electrons. The van der Waals surface area contributed by atoms with Crippen molar-refractivity contribution in [2.45, 2.75) is 26.9 Å². The van der Waals surface area contributed by atoms with Gasteiger partial charge in [-0.3, -0.25) is 0 Å². The third-order valence-corrected chi connectivity index (χ3v) is 1.70. The number of nitrogens with zero attached hydrogens (tertiary/aromatic N) is 1. The van der Waals surface area contributed by atoms with Crippen molar-refractivity contribution in [3.8, 4) is 0 Å². The summed E-state index contributed by atoms with van der Waals surface area (Å²) in [6.45, 7) is 7.50. The Morgan fingerprint density at radius 3 is 1.90 bits per heavy atom. The highest BCUT2D eigenvalue weighted by atomic mass is 19.1. The Kier molecular flexibility index (Phi) is 4.62. The minimum atomic E-state index is -0.583. The maximum atomic E-state index is 12.5. The van der Waals surface area contributed by atoms with E-state index >= 15 is 0 Å². The molecule has 10 heavy (non-hydrogen) atoms. The van der Waals surface area contributed by atoms with E-state index in [4.69, 9.17) is 0 Å². The number of rotatable bonds is 0. The summed E-state index contributed by atoms with van der Waals surface area (Å²) in [4.78, 5) is 2.02. The van der Waals surface area contributed by atoms with Gasteiger partial charge in [-0.05, 0) is 7.05 Å². The van der Waals surface area contributed by atoms with E-state index in [-0.39, 0.29) is 5.92 Å². The van der Waals surface area contributed by atoms with Gasteiger partial charge in [0.05, 0.1) is 0 Å². The lowest BCUT2D eigenvalue weighted by atomic mass is 10.1. The lowest BCUT2D eigenvalue weighted by Gasteiger charge is -2.02. The van der Waals surface area contributed by atoms with Crippen molar-refractivity contribution in [1.82, 2.24) is 4.90 Å². The van der Waals surface area contributed by atoms with Gasteiger partial charge in [-0.2, -0.15) is 0 Å². The molecule has 0 radical (unpaired) electrons. The summed E-state index contributed by atoms with van der Waals surface area (Å²) < 4.78 is 12.5. The maximum absolute atomic E-state index is 12.5. The van der Waals surface area contributed by atoms with E-state index in [1.165, 1.54) is 0 Å². The first-order valence-corrected chi connectivity index (χ1v) is 4.03. The average molecular weight is 147 g/mol. The van der Waals surface area contributed by atoms with Crippen LogP contribution in [0.1, 0.15) is 20.8 Å². The molecular weight excluding hydrogens is 129 g/mol. The van der Waals surface area contributed by atoms with Gasteiger partial charge in [-0.1, -0.05) is 20.8 Å². The highest BCUT2D eigenvalue weighted by molar-refractivity contribution is 4.78. The molecule has 0 amide bonds. The number of hydrogen-bond donors (Lipinski definition) is 0. The monoisotopic (exact) mass is 147 g/mol. The standard InChI is InChI=1S/C6H12FN.C2H6/c1-5-3-8(2)4-6(5)7;1-2/h5-6H,3-4H2,1-2H3;1-2H3/t5-,6+;/m0./s1. The molecule has 0 N–H and O–H groups in total. The summed E-state index contributed by atoms with van der Waals surface area (Å²) in [5.74, 6) is 0.250. The van der Waals surface area contributed by atoms with Crippen LogP contribution in [0.5, 0.6) is 0 Å². The van der Waals surface area contributed by atoms with Gasteiger partial charge in [-0.25, -0.2) is 4.39 Å². The number of hydrogen-bond acceptors (Lipinski definition) is 1. The Morgan fingerprint density at radius 1 is 1.30 bits per heavy atom.